The molecule has 0 spiro atoms. The first kappa shape index (κ1) is 20.6. The fourth-order valence-corrected chi connectivity index (χ4v) is 3.43. The Bertz CT molecular complexity index is 1050. The molecule has 0 saturated heterocycles. The molecule has 0 aromatic heterocycles. The minimum absolute atomic E-state index is 0.207. The second-order valence-electron chi connectivity index (χ2n) is 7.67. The molecule has 0 aliphatic carbocycles. The van der Waals surface area contributed by atoms with Crippen molar-refractivity contribution in [1.82, 2.24) is 5.32 Å². The predicted octanol–water partition coefficient (Wildman–Crippen LogP) is 4.99. The van der Waals surface area contributed by atoms with Crippen molar-refractivity contribution in [2.24, 2.45) is 0 Å². The van der Waals surface area contributed by atoms with E-state index in [2.05, 4.69) is 66.5 Å². The van der Waals surface area contributed by atoms with Crippen molar-refractivity contribution in [3.05, 3.63) is 83.4 Å². The van der Waals surface area contributed by atoms with Gasteiger partial charge in [0, 0.05) is 11.6 Å². The van der Waals surface area contributed by atoms with Crippen molar-refractivity contribution in [3.63, 3.8) is 0 Å². The van der Waals surface area contributed by atoms with Crippen LogP contribution < -0.4 is 5.32 Å². The largest absolute Gasteiger partial charge is 0.468 e. The zero-order valence-electron chi connectivity index (χ0n) is 17.5. The second-order valence-corrected chi connectivity index (χ2v) is 7.67. The molecule has 0 radical (unpaired) electrons. The first-order valence-electron chi connectivity index (χ1n) is 9.82. The van der Waals surface area contributed by atoms with E-state index < -0.39 is 5.41 Å². The molecule has 0 amide bonds. The zero-order valence-corrected chi connectivity index (χ0v) is 17.5. The van der Waals surface area contributed by atoms with Crippen LogP contribution in [-0.4, -0.2) is 19.6 Å². The van der Waals surface area contributed by atoms with Gasteiger partial charge in [-0.3, -0.25) is 10.1 Å². The van der Waals surface area contributed by atoms with E-state index in [0.717, 1.165) is 11.1 Å². The Labute approximate surface area is 173 Å². The summed E-state index contributed by atoms with van der Waals surface area (Å²) in [5.41, 5.74) is 2.45. The third-order valence-electron chi connectivity index (χ3n) is 5.32. The van der Waals surface area contributed by atoms with Gasteiger partial charge in [0.05, 0.1) is 19.1 Å². The van der Waals surface area contributed by atoms with Gasteiger partial charge >= 0.3 is 5.97 Å². The molecule has 0 aliphatic heterocycles. The van der Waals surface area contributed by atoms with E-state index in [-0.39, 0.29) is 12.0 Å². The molecule has 3 rings (SSSR count). The number of carbonyl (C=O) groups excluding carboxylic acids is 1. The SMILES string of the molecule is COC(=O)C(C)(C)c1ccc(C#CCNC(C)c2cccc3ccccc23)cc1. The summed E-state index contributed by atoms with van der Waals surface area (Å²) in [5, 5.41) is 6.00. The van der Waals surface area contributed by atoms with Crippen LogP contribution in [0, 0.1) is 11.8 Å². The predicted molar refractivity (Wildman–Crippen MR) is 119 cm³/mol. The van der Waals surface area contributed by atoms with Crippen LogP contribution in [0.5, 0.6) is 0 Å². The first-order valence-corrected chi connectivity index (χ1v) is 9.82. The number of methoxy groups -OCH3 is 1. The lowest BCUT2D eigenvalue weighted by Crippen LogP contribution is -2.30. The lowest BCUT2D eigenvalue weighted by molar-refractivity contribution is -0.146. The molecular formula is C26H27NO2. The van der Waals surface area contributed by atoms with E-state index in [4.69, 9.17) is 4.74 Å². The van der Waals surface area contributed by atoms with Crippen LogP contribution in [-0.2, 0) is 14.9 Å². The van der Waals surface area contributed by atoms with E-state index in [1.54, 1.807) is 0 Å². The molecule has 29 heavy (non-hydrogen) atoms. The third kappa shape index (κ3) is 4.67. The minimum atomic E-state index is -0.670. The monoisotopic (exact) mass is 385 g/mol. The summed E-state index contributed by atoms with van der Waals surface area (Å²) in [5.74, 6) is 6.12. The summed E-state index contributed by atoms with van der Waals surface area (Å²) in [6.07, 6.45) is 0. The molecular weight excluding hydrogens is 358 g/mol. The highest BCUT2D eigenvalue weighted by Gasteiger charge is 2.30. The van der Waals surface area contributed by atoms with Crippen LogP contribution in [0.1, 0.15) is 43.5 Å². The number of hydrogen-bond donors (Lipinski definition) is 1. The van der Waals surface area contributed by atoms with Gasteiger partial charge in [-0.15, -0.1) is 0 Å². The molecule has 0 saturated carbocycles. The van der Waals surface area contributed by atoms with Crippen molar-refractivity contribution in [2.75, 3.05) is 13.7 Å². The third-order valence-corrected chi connectivity index (χ3v) is 5.32. The molecule has 148 valence electrons. The van der Waals surface area contributed by atoms with Crippen molar-refractivity contribution in [1.29, 1.82) is 0 Å². The summed E-state index contributed by atoms with van der Waals surface area (Å²) in [6.45, 7) is 6.48. The Morgan fingerprint density at radius 1 is 1.03 bits per heavy atom. The van der Waals surface area contributed by atoms with Crippen molar-refractivity contribution >= 4 is 16.7 Å². The Morgan fingerprint density at radius 3 is 2.45 bits per heavy atom. The summed E-state index contributed by atoms with van der Waals surface area (Å²) in [7, 11) is 1.41. The first-order chi connectivity index (χ1) is 13.9. The van der Waals surface area contributed by atoms with Gasteiger partial charge in [-0.25, -0.2) is 0 Å². The lowest BCUT2D eigenvalue weighted by atomic mass is 9.84. The van der Waals surface area contributed by atoms with Crippen LogP contribution in [0.2, 0.25) is 0 Å². The summed E-state index contributed by atoms with van der Waals surface area (Å²) < 4.78 is 4.89. The van der Waals surface area contributed by atoms with Gasteiger partial charge in [0.1, 0.15) is 0 Å². The van der Waals surface area contributed by atoms with Crippen molar-refractivity contribution in [2.45, 2.75) is 32.2 Å². The number of nitrogens with one attached hydrogen (secondary N) is 1. The van der Waals surface area contributed by atoms with E-state index in [1.165, 1.54) is 23.4 Å². The van der Waals surface area contributed by atoms with Crippen LogP contribution in [0.25, 0.3) is 10.8 Å². The normalized spacial score (nSPS) is 12.1. The zero-order chi connectivity index (χ0) is 20.9. The Morgan fingerprint density at radius 2 is 1.72 bits per heavy atom. The molecule has 1 atom stereocenters. The molecule has 1 N–H and O–H groups in total. The number of benzene rings is 3. The molecule has 3 aromatic rings. The molecule has 3 nitrogen and oxygen atoms in total. The molecule has 0 bridgehead atoms. The van der Waals surface area contributed by atoms with Crippen LogP contribution in [0.4, 0.5) is 0 Å². The number of hydrogen-bond acceptors (Lipinski definition) is 3. The second kappa shape index (κ2) is 8.94. The van der Waals surface area contributed by atoms with E-state index in [9.17, 15) is 4.79 Å². The topological polar surface area (TPSA) is 38.3 Å². The minimum Gasteiger partial charge on any atom is -0.468 e. The fourth-order valence-electron chi connectivity index (χ4n) is 3.43. The number of esters is 1. The van der Waals surface area contributed by atoms with Gasteiger partial charge in [-0.2, -0.15) is 0 Å². The highest BCUT2D eigenvalue weighted by atomic mass is 16.5. The fraction of sp³-hybridized carbons (Fsp3) is 0.269. The number of ether oxygens (including phenoxy) is 1. The number of carbonyl (C=O) groups is 1. The summed E-state index contributed by atoms with van der Waals surface area (Å²) >= 11 is 0. The van der Waals surface area contributed by atoms with E-state index in [0.29, 0.717) is 6.54 Å². The Kier molecular flexibility index (Phi) is 6.36. The summed E-state index contributed by atoms with van der Waals surface area (Å²) in [6, 6.07) is 22.8. The van der Waals surface area contributed by atoms with Gasteiger partial charge in [0.2, 0.25) is 0 Å². The van der Waals surface area contributed by atoms with E-state index >= 15 is 0 Å². The summed E-state index contributed by atoms with van der Waals surface area (Å²) in [4.78, 5) is 11.9. The molecule has 1 unspecified atom stereocenters. The van der Waals surface area contributed by atoms with Crippen LogP contribution in [0.3, 0.4) is 0 Å². The number of fused-ring (bicyclic) bond motifs is 1. The lowest BCUT2D eigenvalue weighted by Gasteiger charge is -2.21. The number of rotatable bonds is 5. The maximum absolute atomic E-state index is 11.9. The molecule has 3 aromatic carbocycles. The smallest absolute Gasteiger partial charge is 0.315 e. The van der Waals surface area contributed by atoms with Crippen molar-refractivity contribution < 1.29 is 9.53 Å². The molecule has 0 fully saturated rings. The maximum atomic E-state index is 11.9. The van der Waals surface area contributed by atoms with Crippen LogP contribution >= 0.6 is 0 Å². The highest BCUT2D eigenvalue weighted by molar-refractivity contribution is 5.86. The van der Waals surface area contributed by atoms with Crippen molar-refractivity contribution in [3.8, 4) is 11.8 Å². The quantitative estimate of drug-likeness (QED) is 0.497. The molecule has 0 heterocycles. The van der Waals surface area contributed by atoms with Gasteiger partial charge in [0.15, 0.2) is 0 Å². The van der Waals surface area contributed by atoms with Crippen LogP contribution in [0.15, 0.2) is 66.7 Å². The van der Waals surface area contributed by atoms with Gasteiger partial charge in [-0.1, -0.05) is 66.4 Å². The van der Waals surface area contributed by atoms with Gasteiger partial charge < -0.3 is 4.74 Å². The van der Waals surface area contributed by atoms with E-state index in [1.807, 2.05) is 38.1 Å². The standard InChI is InChI=1S/C26H27NO2/c1-19(23-13-7-11-21-10-5-6-12-24(21)23)27-18-8-9-20-14-16-22(17-15-20)26(2,3)25(28)29-4/h5-7,10-17,19,27H,18H2,1-4H3. The molecule has 3 heteroatoms. The Balaban J connectivity index is 1.63. The average Bonchev–Trinajstić information content (AvgIpc) is 2.75. The molecule has 0 aliphatic rings. The average molecular weight is 386 g/mol. The Hall–Kier alpha value is -3.09. The highest BCUT2D eigenvalue weighted by Crippen LogP contribution is 2.25. The maximum Gasteiger partial charge on any atom is 0.315 e. The van der Waals surface area contributed by atoms with Gasteiger partial charge in [0.25, 0.3) is 0 Å². The van der Waals surface area contributed by atoms with Gasteiger partial charge in [-0.05, 0) is 54.8 Å².